The van der Waals surface area contributed by atoms with Gasteiger partial charge in [0.15, 0.2) is 5.76 Å². The molecule has 2 aromatic heterocycles. The molecule has 0 saturated heterocycles. The second-order valence-corrected chi connectivity index (χ2v) is 5.89. The fourth-order valence-corrected chi connectivity index (χ4v) is 3.52. The van der Waals surface area contributed by atoms with Gasteiger partial charge in [-0.2, -0.15) is 0 Å². The van der Waals surface area contributed by atoms with Crippen LogP contribution in [0.4, 0.5) is 0 Å². The number of aromatic nitrogens is 1. The predicted octanol–water partition coefficient (Wildman–Crippen LogP) is 3.06. The number of nitrogens with one attached hydrogen (secondary N) is 1. The van der Waals surface area contributed by atoms with E-state index in [0.717, 1.165) is 19.3 Å². The molecule has 1 N–H and O–H groups in total. The number of nitrogens with zero attached hydrogens (tertiary/aromatic N) is 1. The molecule has 0 fully saturated rings. The molecule has 0 saturated carbocycles. The highest BCUT2D eigenvalue weighted by atomic mass is 16.3. The first-order valence-electron chi connectivity index (χ1n) is 7.63. The molecule has 1 aromatic carbocycles. The van der Waals surface area contributed by atoms with E-state index in [1.807, 2.05) is 0 Å². The van der Waals surface area contributed by atoms with Gasteiger partial charge < -0.3 is 14.3 Å². The molecule has 22 heavy (non-hydrogen) atoms. The minimum atomic E-state index is -0.126. The van der Waals surface area contributed by atoms with Gasteiger partial charge in [-0.3, -0.25) is 4.79 Å². The zero-order valence-corrected chi connectivity index (χ0v) is 12.5. The summed E-state index contributed by atoms with van der Waals surface area (Å²) in [6, 6.07) is 12.1. The average molecular weight is 294 g/mol. The number of rotatable bonds is 2. The minimum absolute atomic E-state index is 0.126. The number of carbonyl (C=O) groups is 1. The largest absolute Gasteiger partial charge is 0.459 e. The molecule has 0 bridgehead atoms. The van der Waals surface area contributed by atoms with Crippen molar-refractivity contribution in [2.45, 2.75) is 25.3 Å². The fourth-order valence-electron chi connectivity index (χ4n) is 3.52. The molecule has 0 aliphatic heterocycles. The highest BCUT2D eigenvalue weighted by molar-refractivity contribution is 5.92. The van der Waals surface area contributed by atoms with Crippen LogP contribution in [0, 0.1) is 0 Å². The Hall–Kier alpha value is -2.49. The summed E-state index contributed by atoms with van der Waals surface area (Å²) in [5.41, 5.74) is 4.03. The third-order valence-electron chi connectivity index (χ3n) is 4.60. The monoisotopic (exact) mass is 294 g/mol. The van der Waals surface area contributed by atoms with Gasteiger partial charge in [-0.25, -0.2) is 0 Å². The molecule has 1 atom stereocenters. The lowest BCUT2D eigenvalue weighted by atomic mass is 9.91. The van der Waals surface area contributed by atoms with Crippen LogP contribution in [-0.2, 0) is 19.9 Å². The molecule has 112 valence electrons. The van der Waals surface area contributed by atoms with E-state index in [0.29, 0.717) is 5.76 Å². The molecule has 4 heteroatoms. The number of hydrogen-bond donors (Lipinski definition) is 1. The zero-order valence-electron chi connectivity index (χ0n) is 12.5. The minimum Gasteiger partial charge on any atom is -0.459 e. The van der Waals surface area contributed by atoms with Crippen LogP contribution < -0.4 is 5.32 Å². The van der Waals surface area contributed by atoms with Gasteiger partial charge in [0.1, 0.15) is 0 Å². The Labute approximate surface area is 128 Å². The SMILES string of the molecule is Cn1c2c(c3ccccc31)CC(NC(=O)c1ccco1)CC2. The van der Waals surface area contributed by atoms with Crippen molar-refractivity contribution in [3.8, 4) is 0 Å². The standard InChI is InChI=1S/C18H18N2O2/c1-20-15-6-3-2-5-13(15)14-11-12(8-9-16(14)20)19-18(21)17-7-4-10-22-17/h2-7,10,12H,8-9,11H2,1H3,(H,19,21). The van der Waals surface area contributed by atoms with Crippen molar-refractivity contribution in [1.82, 2.24) is 9.88 Å². The highest BCUT2D eigenvalue weighted by Gasteiger charge is 2.25. The first-order valence-corrected chi connectivity index (χ1v) is 7.63. The van der Waals surface area contributed by atoms with Crippen LogP contribution in [-0.4, -0.2) is 16.5 Å². The molecule has 0 radical (unpaired) electrons. The molecule has 4 rings (SSSR count). The summed E-state index contributed by atoms with van der Waals surface area (Å²) in [7, 11) is 2.13. The molecule has 0 spiro atoms. The van der Waals surface area contributed by atoms with E-state index < -0.39 is 0 Å². The van der Waals surface area contributed by atoms with Crippen LogP contribution in [0.3, 0.4) is 0 Å². The molecule has 3 aromatic rings. The van der Waals surface area contributed by atoms with Gasteiger partial charge in [0, 0.05) is 29.7 Å². The van der Waals surface area contributed by atoms with Gasteiger partial charge in [-0.1, -0.05) is 18.2 Å². The lowest BCUT2D eigenvalue weighted by molar-refractivity contribution is 0.0905. The second-order valence-electron chi connectivity index (χ2n) is 5.89. The number of furan rings is 1. The third kappa shape index (κ3) is 2.03. The molecule has 1 amide bonds. The summed E-state index contributed by atoms with van der Waals surface area (Å²) in [6.07, 6.45) is 4.36. The maximum absolute atomic E-state index is 12.1. The second kappa shape index (κ2) is 5.05. The van der Waals surface area contributed by atoms with Gasteiger partial charge in [0.2, 0.25) is 0 Å². The van der Waals surface area contributed by atoms with Gasteiger partial charge in [-0.15, -0.1) is 0 Å². The summed E-state index contributed by atoms with van der Waals surface area (Å²) >= 11 is 0. The van der Waals surface area contributed by atoms with Crippen LogP contribution in [0.15, 0.2) is 47.1 Å². The quantitative estimate of drug-likeness (QED) is 0.789. The summed E-state index contributed by atoms with van der Waals surface area (Å²) in [5.74, 6) is 0.252. The number of hydrogen-bond acceptors (Lipinski definition) is 2. The van der Waals surface area contributed by atoms with E-state index in [9.17, 15) is 4.79 Å². The van der Waals surface area contributed by atoms with Crippen LogP contribution in [0.1, 0.15) is 28.2 Å². The summed E-state index contributed by atoms with van der Waals surface area (Å²) in [6.45, 7) is 0. The molecule has 2 heterocycles. The first kappa shape index (κ1) is 13.2. The van der Waals surface area contributed by atoms with Crippen molar-refractivity contribution < 1.29 is 9.21 Å². The van der Waals surface area contributed by atoms with Crippen LogP contribution >= 0.6 is 0 Å². The normalized spacial score (nSPS) is 17.4. The number of carbonyl (C=O) groups excluding carboxylic acids is 1. The maximum Gasteiger partial charge on any atom is 0.287 e. The molecule has 1 aliphatic carbocycles. The Bertz CT molecular complexity index is 830. The number of para-hydroxylation sites is 1. The topological polar surface area (TPSA) is 47.2 Å². The third-order valence-corrected chi connectivity index (χ3v) is 4.60. The van der Waals surface area contributed by atoms with Crippen molar-refractivity contribution in [3.63, 3.8) is 0 Å². The Kier molecular flexibility index (Phi) is 3.03. The maximum atomic E-state index is 12.1. The lowest BCUT2D eigenvalue weighted by Gasteiger charge is -2.24. The predicted molar refractivity (Wildman–Crippen MR) is 84.9 cm³/mol. The molecule has 1 unspecified atom stereocenters. The van der Waals surface area contributed by atoms with E-state index in [1.54, 1.807) is 12.1 Å². The smallest absolute Gasteiger partial charge is 0.287 e. The van der Waals surface area contributed by atoms with Gasteiger partial charge in [0.25, 0.3) is 5.91 Å². The number of aryl methyl sites for hydroxylation is 1. The van der Waals surface area contributed by atoms with E-state index in [-0.39, 0.29) is 11.9 Å². The van der Waals surface area contributed by atoms with Gasteiger partial charge >= 0.3 is 0 Å². The summed E-state index contributed by atoms with van der Waals surface area (Å²) in [5, 5.41) is 4.40. The Balaban J connectivity index is 1.61. The van der Waals surface area contributed by atoms with Crippen molar-refractivity contribution in [1.29, 1.82) is 0 Å². The van der Waals surface area contributed by atoms with Crippen molar-refractivity contribution in [2.75, 3.05) is 0 Å². The van der Waals surface area contributed by atoms with Crippen LogP contribution in [0.25, 0.3) is 10.9 Å². The fraction of sp³-hybridized carbons (Fsp3) is 0.278. The molecular formula is C18H18N2O2. The van der Waals surface area contributed by atoms with E-state index in [2.05, 4.69) is 41.2 Å². The van der Waals surface area contributed by atoms with Crippen LogP contribution in [0.5, 0.6) is 0 Å². The number of fused-ring (bicyclic) bond motifs is 3. The van der Waals surface area contributed by atoms with Gasteiger partial charge in [0.05, 0.1) is 6.26 Å². The molecule has 4 nitrogen and oxygen atoms in total. The number of benzene rings is 1. The summed E-state index contributed by atoms with van der Waals surface area (Å²) in [4.78, 5) is 12.1. The Morgan fingerprint density at radius 2 is 2.14 bits per heavy atom. The zero-order chi connectivity index (χ0) is 15.1. The average Bonchev–Trinajstić information content (AvgIpc) is 3.16. The lowest BCUT2D eigenvalue weighted by Crippen LogP contribution is -2.38. The van der Waals surface area contributed by atoms with E-state index >= 15 is 0 Å². The Morgan fingerprint density at radius 1 is 1.27 bits per heavy atom. The Morgan fingerprint density at radius 3 is 2.95 bits per heavy atom. The van der Waals surface area contributed by atoms with E-state index in [1.165, 1.54) is 28.4 Å². The molecule has 1 aliphatic rings. The van der Waals surface area contributed by atoms with Crippen molar-refractivity contribution >= 4 is 16.8 Å². The highest BCUT2D eigenvalue weighted by Crippen LogP contribution is 2.31. The van der Waals surface area contributed by atoms with E-state index in [4.69, 9.17) is 4.42 Å². The van der Waals surface area contributed by atoms with Gasteiger partial charge in [-0.05, 0) is 43.0 Å². The van der Waals surface area contributed by atoms with Crippen LogP contribution in [0.2, 0.25) is 0 Å². The number of amides is 1. The first-order chi connectivity index (χ1) is 10.7. The van der Waals surface area contributed by atoms with Crippen molar-refractivity contribution in [2.24, 2.45) is 7.05 Å². The molecular weight excluding hydrogens is 276 g/mol. The summed E-state index contributed by atoms with van der Waals surface area (Å²) < 4.78 is 7.45. The van der Waals surface area contributed by atoms with Crippen molar-refractivity contribution in [3.05, 3.63) is 59.7 Å².